The number of rotatable bonds is 4. The molecule has 0 unspecified atom stereocenters. The summed E-state index contributed by atoms with van der Waals surface area (Å²) in [5.74, 6) is 6.28. The van der Waals surface area contributed by atoms with Crippen LogP contribution >= 0.6 is 35.3 Å². The van der Waals surface area contributed by atoms with Crippen molar-refractivity contribution in [1.29, 1.82) is 0 Å². The van der Waals surface area contributed by atoms with Gasteiger partial charge < -0.3 is 10.2 Å². The van der Waals surface area contributed by atoms with Gasteiger partial charge in [-0.3, -0.25) is 4.99 Å². The topological polar surface area (TPSA) is 27.6 Å². The number of aliphatic imine (C=N–C) groups is 1. The molecule has 0 aliphatic carbocycles. The number of likely N-dealkylation sites (N-methyl/N-ethyl adjacent to an activating group) is 1. The number of hydrogen-bond acceptors (Lipinski definition) is 2. The molecule has 1 aromatic heterocycles. The number of thiophene rings is 1. The SMILES string of the molecule is CN=C(NCC#Cc1cccc(C(F)(F)F)c1)N(C)CCc1cccs1.I. The Morgan fingerprint density at radius 2 is 2.04 bits per heavy atom. The number of guanidine groups is 1. The molecule has 0 fully saturated rings. The lowest BCUT2D eigenvalue weighted by atomic mass is 10.1. The summed E-state index contributed by atoms with van der Waals surface area (Å²) in [6.07, 6.45) is -3.44. The van der Waals surface area contributed by atoms with Crippen molar-refractivity contribution in [2.45, 2.75) is 12.6 Å². The Hall–Kier alpha value is -1.73. The number of hydrogen-bond donors (Lipinski definition) is 1. The van der Waals surface area contributed by atoms with Crippen molar-refractivity contribution in [2.75, 3.05) is 27.2 Å². The van der Waals surface area contributed by atoms with Crippen LogP contribution in [0, 0.1) is 11.8 Å². The number of nitrogens with one attached hydrogen (secondary N) is 1. The monoisotopic (exact) mass is 507 g/mol. The van der Waals surface area contributed by atoms with Gasteiger partial charge in [0.15, 0.2) is 5.96 Å². The summed E-state index contributed by atoms with van der Waals surface area (Å²) in [6, 6.07) is 9.12. The van der Waals surface area contributed by atoms with E-state index in [0.29, 0.717) is 18.1 Å². The van der Waals surface area contributed by atoms with Gasteiger partial charge in [-0.1, -0.05) is 24.0 Å². The normalized spacial score (nSPS) is 11.2. The Morgan fingerprint density at radius 3 is 2.67 bits per heavy atom. The first kappa shape index (κ1) is 23.3. The van der Waals surface area contributed by atoms with Crippen molar-refractivity contribution in [2.24, 2.45) is 4.99 Å². The Bertz CT molecular complexity index is 793. The first-order valence-corrected chi connectivity index (χ1v) is 8.88. The predicted octanol–water partition coefficient (Wildman–Crippen LogP) is 4.49. The standard InChI is InChI=1S/C19H20F3N3S.HI/c1-23-18(25(2)12-10-17-9-5-13-26-17)24-11-4-7-15-6-3-8-16(14-15)19(20,21)22;/h3,5-6,8-9,13-14H,10-12H2,1-2H3,(H,23,24);1H. The Labute approximate surface area is 178 Å². The van der Waals surface area contributed by atoms with E-state index in [9.17, 15) is 13.2 Å². The molecule has 0 spiro atoms. The molecule has 2 rings (SSSR count). The maximum atomic E-state index is 12.7. The average Bonchev–Trinajstić information content (AvgIpc) is 3.13. The van der Waals surface area contributed by atoms with Gasteiger partial charge in [-0.15, -0.1) is 35.3 Å². The van der Waals surface area contributed by atoms with Crippen LogP contribution in [0.4, 0.5) is 13.2 Å². The fraction of sp³-hybridized carbons (Fsp3) is 0.316. The summed E-state index contributed by atoms with van der Waals surface area (Å²) in [6.45, 7) is 1.10. The van der Waals surface area contributed by atoms with Gasteiger partial charge in [0.25, 0.3) is 0 Å². The van der Waals surface area contributed by atoms with Crippen molar-refractivity contribution < 1.29 is 13.2 Å². The van der Waals surface area contributed by atoms with Crippen LogP contribution in [-0.4, -0.2) is 38.0 Å². The third-order valence-electron chi connectivity index (χ3n) is 3.60. The summed E-state index contributed by atoms with van der Waals surface area (Å²) >= 11 is 1.72. The van der Waals surface area contributed by atoms with Gasteiger partial charge in [-0.25, -0.2) is 0 Å². The van der Waals surface area contributed by atoms with Gasteiger partial charge in [0.2, 0.25) is 0 Å². The van der Waals surface area contributed by atoms with Gasteiger partial charge >= 0.3 is 6.18 Å². The maximum absolute atomic E-state index is 12.7. The van der Waals surface area contributed by atoms with E-state index in [4.69, 9.17) is 0 Å². The third kappa shape index (κ3) is 7.81. The van der Waals surface area contributed by atoms with Crippen molar-refractivity contribution >= 4 is 41.3 Å². The molecular weight excluding hydrogens is 486 g/mol. The molecule has 0 saturated heterocycles. The van der Waals surface area contributed by atoms with Gasteiger partial charge in [0, 0.05) is 31.1 Å². The quantitative estimate of drug-likeness (QED) is 0.286. The zero-order valence-electron chi connectivity index (χ0n) is 15.0. The summed E-state index contributed by atoms with van der Waals surface area (Å²) in [5, 5.41) is 5.15. The molecule has 1 heterocycles. The smallest absolute Gasteiger partial charge is 0.346 e. The summed E-state index contributed by atoms with van der Waals surface area (Å²) in [4.78, 5) is 7.49. The van der Waals surface area contributed by atoms with Crippen LogP contribution in [0.3, 0.4) is 0 Å². The predicted molar refractivity (Wildman–Crippen MR) is 116 cm³/mol. The zero-order valence-corrected chi connectivity index (χ0v) is 18.2. The van der Waals surface area contributed by atoms with E-state index < -0.39 is 11.7 Å². The molecule has 0 radical (unpaired) electrons. The largest absolute Gasteiger partial charge is 0.416 e. The second-order valence-electron chi connectivity index (χ2n) is 5.53. The van der Waals surface area contributed by atoms with Gasteiger partial charge in [-0.05, 0) is 36.1 Å². The van der Waals surface area contributed by atoms with Crippen molar-refractivity contribution in [1.82, 2.24) is 10.2 Å². The van der Waals surface area contributed by atoms with Crippen molar-refractivity contribution in [3.8, 4) is 11.8 Å². The molecule has 0 aliphatic heterocycles. The minimum Gasteiger partial charge on any atom is -0.346 e. The summed E-state index contributed by atoms with van der Waals surface area (Å²) < 4.78 is 38.1. The fourth-order valence-electron chi connectivity index (χ4n) is 2.27. The molecule has 3 nitrogen and oxygen atoms in total. The average molecular weight is 507 g/mol. The Morgan fingerprint density at radius 1 is 1.26 bits per heavy atom. The summed E-state index contributed by atoms with van der Waals surface area (Å²) in [5.41, 5.74) is -0.357. The zero-order chi connectivity index (χ0) is 19.0. The second-order valence-corrected chi connectivity index (χ2v) is 6.56. The van der Waals surface area contributed by atoms with Gasteiger partial charge in [-0.2, -0.15) is 13.2 Å². The number of halogens is 4. The molecule has 0 bridgehead atoms. The van der Waals surface area contributed by atoms with Crippen LogP contribution in [0.25, 0.3) is 0 Å². The number of nitrogens with zero attached hydrogens (tertiary/aromatic N) is 2. The molecule has 0 amide bonds. The van der Waals surface area contributed by atoms with E-state index in [1.807, 2.05) is 23.4 Å². The highest BCUT2D eigenvalue weighted by Crippen LogP contribution is 2.29. The highest BCUT2D eigenvalue weighted by atomic mass is 127. The molecule has 0 atom stereocenters. The molecule has 0 aliphatic rings. The first-order chi connectivity index (χ1) is 12.4. The Balaban J connectivity index is 0.00000364. The van der Waals surface area contributed by atoms with E-state index in [1.165, 1.54) is 10.9 Å². The van der Waals surface area contributed by atoms with Crippen LogP contribution in [0.5, 0.6) is 0 Å². The summed E-state index contributed by atoms with van der Waals surface area (Å²) in [7, 11) is 3.62. The molecule has 146 valence electrons. The lowest BCUT2D eigenvalue weighted by Gasteiger charge is -2.20. The lowest BCUT2D eigenvalue weighted by molar-refractivity contribution is -0.137. The fourth-order valence-corrected chi connectivity index (χ4v) is 2.96. The highest BCUT2D eigenvalue weighted by Gasteiger charge is 2.30. The van der Waals surface area contributed by atoms with Crippen LogP contribution in [0.15, 0.2) is 46.8 Å². The first-order valence-electron chi connectivity index (χ1n) is 8.00. The minimum atomic E-state index is -4.36. The molecular formula is C19H21F3IN3S. The van der Waals surface area contributed by atoms with Crippen molar-refractivity contribution in [3.63, 3.8) is 0 Å². The van der Waals surface area contributed by atoms with E-state index in [0.717, 1.165) is 25.1 Å². The van der Waals surface area contributed by atoms with E-state index in [-0.39, 0.29) is 24.0 Å². The van der Waals surface area contributed by atoms with Gasteiger partial charge in [0.1, 0.15) is 0 Å². The third-order valence-corrected chi connectivity index (χ3v) is 4.54. The minimum absolute atomic E-state index is 0. The van der Waals surface area contributed by atoms with Crippen LogP contribution in [-0.2, 0) is 12.6 Å². The molecule has 27 heavy (non-hydrogen) atoms. The Kier molecular flexibility index (Phi) is 9.66. The van der Waals surface area contributed by atoms with Gasteiger partial charge in [0.05, 0.1) is 12.1 Å². The van der Waals surface area contributed by atoms with Crippen LogP contribution in [0.2, 0.25) is 0 Å². The second kappa shape index (κ2) is 11.2. The lowest BCUT2D eigenvalue weighted by Crippen LogP contribution is -2.40. The van der Waals surface area contributed by atoms with E-state index >= 15 is 0 Å². The number of alkyl halides is 3. The molecule has 1 aromatic carbocycles. The van der Waals surface area contributed by atoms with Crippen LogP contribution < -0.4 is 5.32 Å². The van der Waals surface area contributed by atoms with Crippen molar-refractivity contribution in [3.05, 3.63) is 57.8 Å². The molecule has 8 heteroatoms. The number of benzene rings is 1. The maximum Gasteiger partial charge on any atom is 0.416 e. The molecule has 1 N–H and O–H groups in total. The molecule has 0 saturated carbocycles. The van der Waals surface area contributed by atoms with E-state index in [1.54, 1.807) is 24.5 Å². The molecule has 2 aromatic rings. The van der Waals surface area contributed by atoms with E-state index in [2.05, 4.69) is 28.2 Å². The van der Waals surface area contributed by atoms with Crippen LogP contribution in [0.1, 0.15) is 16.0 Å². The highest BCUT2D eigenvalue weighted by molar-refractivity contribution is 14.0.